The number of nitrogens with two attached hydrogens (primary N) is 1. The fourth-order valence-electron chi connectivity index (χ4n) is 1.57. The van der Waals surface area contributed by atoms with Crippen LogP contribution in [-0.4, -0.2) is 32.6 Å². The summed E-state index contributed by atoms with van der Waals surface area (Å²) in [6, 6.07) is 5.43. The highest BCUT2D eigenvalue weighted by Gasteiger charge is 2.10. The molecular formula is C12H15N5O. The molecule has 6 heteroatoms. The summed E-state index contributed by atoms with van der Waals surface area (Å²) in [4.78, 5) is 17.5. The van der Waals surface area contributed by atoms with Crippen molar-refractivity contribution in [2.24, 2.45) is 0 Å². The minimum Gasteiger partial charge on any atom is -0.382 e. The van der Waals surface area contributed by atoms with Crippen LogP contribution in [0.5, 0.6) is 0 Å². The number of pyridine rings is 1. The maximum absolute atomic E-state index is 11.9. The molecule has 94 valence electrons. The van der Waals surface area contributed by atoms with E-state index in [1.165, 1.54) is 4.68 Å². The predicted molar refractivity (Wildman–Crippen MR) is 67.4 cm³/mol. The summed E-state index contributed by atoms with van der Waals surface area (Å²) >= 11 is 0. The Bertz CT molecular complexity index is 522. The SMILES string of the molecule is CN(Cc1ccncc1)C(=O)Cn1ccc(N)n1. The molecule has 0 aromatic carbocycles. The molecule has 0 aliphatic rings. The van der Waals surface area contributed by atoms with E-state index in [9.17, 15) is 4.79 Å². The molecule has 0 unspecified atom stereocenters. The molecule has 2 N–H and O–H groups in total. The van der Waals surface area contributed by atoms with E-state index in [2.05, 4.69) is 10.1 Å². The van der Waals surface area contributed by atoms with Crippen molar-refractivity contribution in [1.82, 2.24) is 19.7 Å². The van der Waals surface area contributed by atoms with Gasteiger partial charge in [0.15, 0.2) is 0 Å². The number of anilines is 1. The van der Waals surface area contributed by atoms with Crippen LogP contribution in [-0.2, 0) is 17.9 Å². The van der Waals surface area contributed by atoms with Crippen LogP contribution in [0, 0.1) is 0 Å². The Morgan fingerprint density at radius 3 is 2.72 bits per heavy atom. The van der Waals surface area contributed by atoms with Crippen molar-refractivity contribution in [3.8, 4) is 0 Å². The lowest BCUT2D eigenvalue weighted by Gasteiger charge is -2.17. The maximum Gasteiger partial charge on any atom is 0.244 e. The number of nitrogens with zero attached hydrogens (tertiary/aromatic N) is 4. The Kier molecular flexibility index (Phi) is 3.57. The highest BCUT2D eigenvalue weighted by molar-refractivity contribution is 5.75. The number of likely N-dealkylation sites (N-methyl/N-ethyl adjacent to an activating group) is 1. The highest BCUT2D eigenvalue weighted by atomic mass is 16.2. The third-order valence-corrected chi connectivity index (χ3v) is 2.55. The summed E-state index contributed by atoms with van der Waals surface area (Å²) < 4.78 is 1.53. The minimum atomic E-state index is -0.0186. The average molecular weight is 245 g/mol. The predicted octanol–water partition coefficient (Wildman–Crippen LogP) is 0.519. The molecule has 0 radical (unpaired) electrons. The zero-order chi connectivity index (χ0) is 13.0. The van der Waals surface area contributed by atoms with Crippen molar-refractivity contribution in [1.29, 1.82) is 0 Å². The minimum absolute atomic E-state index is 0.0186. The number of amides is 1. The lowest BCUT2D eigenvalue weighted by Crippen LogP contribution is -2.29. The zero-order valence-corrected chi connectivity index (χ0v) is 10.2. The quantitative estimate of drug-likeness (QED) is 0.851. The van der Waals surface area contributed by atoms with Crippen LogP contribution in [0.2, 0.25) is 0 Å². The summed E-state index contributed by atoms with van der Waals surface area (Å²) in [6.45, 7) is 0.747. The molecule has 6 nitrogen and oxygen atoms in total. The third-order valence-electron chi connectivity index (χ3n) is 2.55. The monoisotopic (exact) mass is 245 g/mol. The molecule has 0 saturated heterocycles. The van der Waals surface area contributed by atoms with Gasteiger partial charge in [0.1, 0.15) is 12.4 Å². The first-order valence-electron chi connectivity index (χ1n) is 5.57. The first-order valence-corrected chi connectivity index (χ1v) is 5.57. The molecule has 0 saturated carbocycles. The van der Waals surface area contributed by atoms with Gasteiger partial charge in [-0.15, -0.1) is 0 Å². The van der Waals surface area contributed by atoms with Crippen LogP contribution in [0.1, 0.15) is 5.56 Å². The van der Waals surface area contributed by atoms with E-state index in [4.69, 9.17) is 5.73 Å². The summed E-state index contributed by atoms with van der Waals surface area (Å²) in [6.07, 6.45) is 5.11. The number of hydrogen-bond acceptors (Lipinski definition) is 4. The van der Waals surface area contributed by atoms with Gasteiger partial charge < -0.3 is 10.6 Å². The summed E-state index contributed by atoms with van der Waals surface area (Å²) in [5.41, 5.74) is 6.53. The van der Waals surface area contributed by atoms with Gasteiger partial charge in [-0.3, -0.25) is 14.5 Å². The Morgan fingerprint density at radius 1 is 1.39 bits per heavy atom. The number of rotatable bonds is 4. The molecule has 2 aromatic rings. The van der Waals surface area contributed by atoms with Gasteiger partial charge in [-0.05, 0) is 23.8 Å². The lowest BCUT2D eigenvalue weighted by molar-refractivity contribution is -0.131. The fourth-order valence-corrected chi connectivity index (χ4v) is 1.57. The van der Waals surface area contributed by atoms with Crippen molar-refractivity contribution in [3.05, 3.63) is 42.4 Å². The van der Waals surface area contributed by atoms with Gasteiger partial charge in [0.2, 0.25) is 5.91 Å². The molecule has 0 bridgehead atoms. The van der Waals surface area contributed by atoms with E-state index in [1.807, 2.05) is 12.1 Å². The zero-order valence-electron chi connectivity index (χ0n) is 10.2. The first kappa shape index (κ1) is 12.1. The van der Waals surface area contributed by atoms with Crippen LogP contribution in [0.4, 0.5) is 5.82 Å². The van der Waals surface area contributed by atoms with Crippen molar-refractivity contribution < 1.29 is 4.79 Å². The van der Waals surface area contributed by atoms with Crippen LogP contribution in [0.25, 0.3) is 0 Å². The molecule has 18 heavy (non-hydrogen) atoms. The number of carbonyl (C=O) groups is 1. The number of hydrogen-bond donors (Lipinski definition) is 1. The van der Waals surface area contributed by atoms with Crippen LogP contribution >= 0.6 is 0 Å². The molecule has 0 spiro atoms. The lowest BCUT2D eigenvalue weighted by atomic mass is 10.2. The maximum atomic E-state index is 11.9. The topological polar surface area (TPSA) is 77.0 Å². The fraction of sp³-hybridized carbons (Fsp3) is 0.250. The Labute approximate surface area is 105 Å². The second-order valence-electron chi connectivity index (χ2n) is 4.04. The first-order chi connectivity index (χ1) is 8.65. The Balaban J connectivity index is 1.93. The van der Waals surface area contributed by atoms with Crippen molar-refractivity contribution >= 4 is 11.7 Å². The average Bonchev–Trinajstić information content (AvgIpc) is 2.76. The molecule has 2 aromatic heterocycles. The van der Waals surface area contributed by atoms with Gasteiger partial charge in [0.05, 0.1) is 0 Å². The van der Waals surface area contributed by atoms with Crippen molar-refractivity contribution in [3.63, 3.8) is 0 Å². The normalized spacial score (nSPS) is 10.3. The van der Waals surface area contributed by atoms with Gasteiger partial charge in [0.25, 0.3) is 0 Å². The third kappa shape index (κ3) is 3.07. The summed E-state index contributed by atoms with van der Waals surface area (Å²) in [5, 5.41) is 3.98. The van der Waals surface area contributed by atoms with Crippen LogP contribution in [0.3, 0.4) is 0 Å². The summed E-state index contributed by atoms with van der Waals surface area (Å²) in [5.74, 6) is 0.398. The molecule has 0 aliphatic heterocycles. The summed E-state index contributed by atoms with van der Waals surface area (Å²) in [7, 11) is 1.76. The number of nitrogen functional groups attached to an aromatic ring is 1. The standard InChI is InChI=1S/C12H15N5O/c1-16(8-10-2-5-14-6-3-10)12(18)9-17-7-4-11(13)15-17/h2-7H,8-9H2,1H3,(H2,13,15). The van der Waals surface area contributed by atoms with E-state index in [0.717, 1.165) is 5.56 Å². The second-order valence-corrected chi connectivity index (χ2v) is 4.04. The van der Waals surface area contributed by atoms with Gasteiger partial charge in [-0.25, -0.2) is 0 Å². The van der Waals surface area contributed by atoms with Crippen LogP contribution in [0.15, 0.2) is 36.8 Å². The van der Waals surface area contributed by atoms with E-state index < -0.39 is 0 Å². The van der Waals surface area contributed by atoms with E-state index in [-0.39, 0.29) is 12.5 Å². The van der Waals surface area contributed by atoms with E-state index in [0.29, 0.717) is 12.4 Å². The smallest absolute Gasteiger partial charge is 0.244 e. The molecular weight excluding hydrogens is 230 g/mol. The Hall–Kier alpha value is -2.37. The van der Waals surface area contributed by atoms with Gasteiger partial charge in [-0.1, -0.05) is 0 Å². The van der Waals surface area contributed by atoms with Crippen molar-refractivity contribution in [2.75, 3.05) is 12.8 Å². The largest absolute Gasteiger partial charge is 0.382 e. The molecule has 2 rings (SSSR count). The van der Waals surface area contributed by atoms with E-state index >= 15 is 0 Å². The van der Waals surface area contributed by atoms with Gasteiger partial charge in [0, 0.05) is 32.2 Å². The van der Waals surface area contributed by atoms with Crippen molar-refractivity contribution in [2.45, 2.75) is 13.1 Å². The Morgan fingerprint density at radius 2 is 2.11 bits per heavy atom. The number of aromatic nitrogens is 3. The molecule has 0 aliphatic carbocycles. The molecule has 2 heterocycles. The highest BCUT2D eigenvalue weighted by Crippen LogP contribution is 2.03. The molecule has 0 fully saturated rings. The van der Waals surface area contributed by atoms with Gasteiger partial charge >= 0.3 is 0 Å². The number of carbonyl (C=O) groups excluding carboxylic acids is 1. The van der Waals surface area contributed by atoms with Crippen LogP contribution < -0.4 is 5.73 Å². The van der Waals surface area contributed by atoms with E-state index in [1.54, 1.807) is 36.6 Å². The van der Waals surface area contributed by atoms with Gasteiger partial charge in [-0.2, -0.15) is 5.10 Å². The molecule has 1 amide bonds. The molecule has 0 atom stereocenters. The second kappa shape index (κ2) is 5.31.